The number of benzene rings is 2. The van der Waals surface area contributed by atoms with Crippen molar-refractivity contribution < 1.29 is 14.3 Å². The molecule has 0 spiro atoms. The monoisotopic (exact) mass is 385 g/mol. The second kappa shape index (κ2) is 8.77. The number of rotatable bonds is 7. The van der Waals surface area contributed by atoms with Crippen molar-refractivity contribution >= 4 is 22.8 Å². The summed E-state index contributed by atoms with van der Waals surface area (Å²) in [5.41, 5.74) is 3.12. The summed E-state index contributed by atoms with van der Waals surface area (Å²) in [4.78, 5) is 16.2. The standard InChI is InChI=1S/C23H19N3O3/c1-3-16-5-4-6-18-19(14-26-22(16)18)23(27)17(13-25)11-15-7-8-20(29-10-9-24)21(12-15)28-2/h4-8,11-12,14,26H,3,10H2,1-2H3/b17-11+. The summed E-state index contributed by atoms with van der Waals surface area (Å²) in [6, 6.07) is 14.7. The lowest BCUT2D eigenvalue weighted by Crippen LogP contribution is -2.01. The molecule has 6 nitrogen and oxygen atoms in total. The highest BCUT2D eigenvalue weighted by Crippen LogP contribution is 2.30. The number of fused-ring (bicyclic) bond motifs is 1. The molecule has 0 atom stereocenters. The van der Waals surface area contributed by atoms with E-state index < -0.39 is 0 Å². The molecule has 1 heterocycles. The number of allylic oxidation sites excluding steroid dienone is 1. The number of ether oxygens (including phenoxy) is 2. The van der Waals surface area contributed by atoms with E-state index in [4.69, 9.17) is 14.7 Å². The summed E-state index contributed by atoms with van der Waals surface area (Å²) in [5.74, 6) is 0.481. The molecular formula is C23H19N3O3. The summed E-state index contributed by atoms with van der Waals surface area (Å²) in [6.07, 6.45) is 4.00. The fraction of sp³-hybridized carbons (Fsp3) is 0.174. The molecule has 0 amide bonds. The number of nitrogens with one attached hydrogen (secondary N) is 1. The minimum absolute atomic E-state index is 0.0144. The third-order valence-electron chi connectivity index (χ3n) is 4.58. The molecular weight excluding hydrogens is 366 g/mol. The molecule has 0 aliphatic rings. The zero-order valence-electron chi connectivity index (χ0n) is 16.2. The molecule has 6 heteroatoms. The number of carbonyl (C=O) groups excluding carboxylic acids is 1. The molecule has 0 saturated heterocycles. The van der Waals surface area contributed by atoms with Crippen molar-refractivity contribution in [2.75, 3.05) is 13.7 Å². The molecule has 144 valence electrons. The minimum Gasteiger partial charge on any atom is -0.493 e. The molecule has 3 rings (SSSR count). The van der Waals surface area contributed by atoms with Gasteiger partial charge < -0.3 is 14.5 Å². The van der Waals surface area contributed by atoms with Crippen molar-refractivity contribution in [2.45, 2.75) is 13.3 Å². The number of methoxy groups -OCH3 is 1. The number of carbonyl (C=O) groups is 1. The first-order valence-electron chi connectivity index (χ1n) is 9.06. The Kier molecular flexibility index (Phi) is 5.97. The number of hydrogen-bond acceptors (Lipinski definition) is 5. The fourth-order valence-corrected chi connectivity index (χ4v) is 3.16. The first-order chi connectivity index (χ1) is 14.1. The van der Waals surface area contributed by atoms with Gasteiger partial charge in [0.05, 0.1) is 7.11 Å². The van der Waals surface area contributed by atoms with E-state index in [2.05, 4.69) is 11.9 Å². The Balaban J connectivity index is 1.98. The van der Waals surface area contributed by atoms with E-state index in [0.29, 0.717) is 22.6 Å². The first-order valence-corrected chi connectivity index (χ1v) is 9.06. The molecule has 0 fully saturated rings. The van der Waals surface area contributed by atoms with Crippen LogP contribution in [0.25, 0.3) is 17.0 Å². The summed E-state index contributed by atoms with van der Waals surface area (Å²) in [7, 11) is 1.48. The quantitative estimate of drug-likeness (QED) is 0.368. The Bertz CT molecular complexity index is 1180. The Morgan fingerprint density at radius 3 is 2.72 bits per heavy atom. The van der Waals surface area contributed by atoms with Crippen LogP contribution in [-0.2, 0) is 6.42 Å². The first kappa shape index (κ1) is 19.7. The maximum Gasteiger partial charge on any atom is 0.205 e. The van der Waals surface area contributed by atoms with Crippen LogP contribution in [0.5, 0.6) is 11.5 Å². The Labute approximate surface area is 168 Å². The molecule has 1 N–H and O–H groups in total. The second-order valence-electron chi connectivity index (χ2n) is 6.25. The average Bonchev–Trinajstić information content (AvgIpc) is 3.20. The van der Waals surface area contributed by atoms with Crippen molar-refractivity contribution in [2.24, 2.45) is 0 Å². The maximum absolute atomic E-state index is 13.0. The molecule has 0 saturated carbocycles. The summed E-state index contributed by atoms with van der Waals surface area (Å²) in [6.45, 7) is 1.95. The molecule has 0 aliphatic heterocycles. The zero-order chi connectivity index (χ0) is 20.8. The van der Waals surface area contributed by atoms with E-state index in [1.54, 1.807) is 24.4 Å². The topological polar surface area (TPSA) is 98.9 Å². The predicted molar refractivity (Wildman–Crippen MR) is 110 cm³/mol. The number of aryl methyl sites for hydroxylation is 1. The Morgan fingerprint density at radius 1 is 1.21 bits per heavy atom. The number of aromatic amines is 1. The van der Waals surface area contributed by atoms with Gasteiger partial charge >= 0.3 is 0 Å². The number of para-hydroxylation sites is 1. The smallest absolute Gasteiger partial charge is 0.205 e. The third-order valence-corrected chi connectivity index (χ3v) is 4.58. The summed E-state index contributed by atoms with van der Waals surface area (Å²) < 4.78 is 10.6. The van der Waals surface area contributed by atoms with Gasteiger partial charge in [0.15, 0.2) is 18.1 Å². The number of ketones is 1. The lowest BCUT2D eigenvalue weighted by atomic mass is 9.99. The van der Waals surface area contributed by atoms with Crippen molar-refractivity contribution in [3.8, 4) is 23.6 Å². The number of Topliss-reactive ketones (excluding diaryl/α,β-unsaturated/α-hetero) is 1. The van der Waals surface area contributed by atoms with Gasteiger partial charge in [0.25, 0.3) is 0 Å². The van der Waals surface area contributed by atoms with Crippen LogP contribution in [0.15, 0.2) is 48.2 Å². The lowest BCUT2D eigenvalue weighted by Gasteiger charge is -2.09. The summed E-state index contributed by atoms with van der Waals surface area (Å²) >= 11 is 0. The lowest BCUT2D eigenvalue weighted by molar-refractivity contribution is 0.104. The van der Waals surface area contributed by atoms with Crippen molar-refractivity contribution in [3.05, 3.63) is 64.9 Å². The van der Waals surface area contributed by atoms with Crippen molar-refractivity contribution in [1.29, 1.82) is 10.5 Å². The molecule has 2 aromatic carbocycles. The van der Waals surface area contributed by atoms with Gasteiger partial charge in [-0.3, -0.25) is 4.79 Å². The third kappa shape index (κ3) is 3.97. The van der Waals surface area contributed by atoms with Crippen LogP contribution in [0, 0.1) is 22.7 Å². The highest BCUT2D eigenvalue weighted by Gasteiger charge is 2.18. The van der Waals surface area contributed by atoms with Gasteiger partial charge in [0, 0.05) is 22.7 Å². The fourth-order valence-electron chi connectivity index (χ4n) is 3.16. The highest BCUT2D eigenvalue weighted by atomic mass is 16.5. The van der Waals surface area contributed by atoms with Gasteiger partial charge in [-0.2, -0.15) is 10.5 Å². The molecule has 0 aliphatic carbocycles. The zero-order valence-corrected chi connectivity index (χ0v) is 16.2. The molecule has 3 aromatic rings. The SMILES string of the molecule is CCc1cccc2c(C(=O)/C(C#N)=C/c3ccc(OCC#N)c(OC)c3)c[nH]c12. The largest absolute Gasteiger partial charge is 0.493 e. The number of nitriles is 2. The van der Waals surface area contributed by atoms with E-state index in [0.717, 1.165) is 22.9 Å². The number of aromatic nitrogens is 1. The Morgan fingerprint density at radius 2 is 2.03 bits per heavy atom. The van der Waals surface area contributed by atoms with Crippen molar-refractivity contribution in [3.63, 3.8) is 0 Å². The van der Waals surface area contributed by atoms with Crippen LogP contribution >= 0.6 is 0 Å². The number of hydrogen-bond donors (Lipinski definition) is 1. The van der Waals surface area contributed by atoms with E-state index in [-0.39, 0.29) is 18.0 Å². The summed E-state index contributed by atoms with van der Waals surface area (Å²) in [5, 5.41) is 19.0. The van der Waals surface area contributed by atoms with Gasteiger partial charge in [0.1, 0.15) is 17.7 Å². The van der Waals surface area contributed by atoms with Gasteiger partial charge in [-0.05, 0) is 35.8 Å². The molecule has 0 unspecified atom stereocenters. The van der Waals surface area contributed by atoms with Gasteiger partial charge in [0.2, 0.25) is 5.78 Å². The van der Waals surface area contributed by atoms with Crippen LogP contribution in [0.4, 0.5) is 0 Å². The van der Waals surface area contributed by atoms with Crippen LogP contribution in [0.3, 0.4) is 0 Å². The van der Waals surface area contributed by atoms with Crippen molar-refractivity contribution in [1.82, 2.24) is 4.98 Å². The molecule has 1 aromatic heterocycles. The van der Waals surface area contributed by atoms with Crippen LogP contribution in [-0.4, -0.2) is 24.5 Å². The predicted octanol–water partition coefficient (Wildman–Crippen LogP) is 4.43. The normalized spacial score (nSPS) is 11.0. The Hall–Kier alpha value is -4.03. The maximum atomic E-state index is 13.0. The van der Waals surface area contributed by atoms with E-state index in [1.807, 2.05) is 30.3 Å². The van der Waals surface area contributed by atoms with Crippen LogP contribution in [0.2, 0.25) is 0 Å². The molecule has 0 bridgehead atoms. The molecule has 0 radical (unpaired) electrons. The van der Waals surface area contributed by atoms with Gasteiger partial charge in [-0.25, -0.2) is 0 Å². The van der Waals surface area contributed by atoms with Crippen LogP contribution < -0.4 is 9.47 Å². The average molecular weight is 385 g/mol. The van der Waals surface area contributed by atoms with E-state index in [9.17, 15) is 10.1 Å². The van der Waals surface area contributed by atoms with Gasteiger partial charge in [-0.15, -0.1) is 0 Å². The van der Waals surface area contributed by atoms with Crippen LogP contribution in [0.1, 0.15) is 28.4 Å². The molecule has 29 heavy (non-hydrogen) atoms. The van der Waals surface area contributed by atoms with E-state index in [1.165, 1.54) is 13.2 Å². The second-order valence-corrected chi connectivity index (χ2v) is 6.25. The van der Waals surface area contributed by atoms with E-state index >= 15 is 0 Å². The van der Waals surface area contributed by atoms with Gasteiger partial charge in [-0.1, -0.05) is 31.2 Å². The minimum atomic E-state index is -0.351. The number of H-pyrrole nitrogens is 1. The highest BCUT2D eigenvalue weighted by molar-refractivity contribution is 6.20. The number of nitrogens with zero attached hydrogens (tertiary/aromatic N) is 2.